The van der Waals surface area contributed by atoms with E-state index in [1.54, 1.807) is 20.0 Å². The molecule has 1 saturated carbocycles. The molecule has 1 aliphatic carbocycles. The molecule has 1 aliphatic rings. The normalized spacial score (nSPS) is 16.2. The van der Waals surface area contributed by atoms with Gasteiger partial charge in [0.1, 0.15) is 0 Å². The lowest BCUT2D eigenvalue weighted by molar-refractivity contribution is -0.120. The summed E-state index contributed by atoms with van der Waals surface area (Å²) in [5.74, 6) is -0.380. The quantitative estimate of drug-likeness (QED) is 0.606. The van der Waals surface area contributed by atoms with Crippen LogP contribution < -0.4 is 4.90 Å². The van der Waals surface area contributed by atoms with Crippen LogP contribution in [0.2, 0.25) is 0 Å². The summed E-state index contributed by atoms with van der Waals surface area (Å²) in [6.07, 6.45) is 2.14. The fourth-order valence-electron chi connectivity index (χ4n) is 4.15. The van der Waals surface area contributed by atoms with Gasteiger partial charge in [0, 0.05) is 7.05 Å². The van der Waals surface area contributed by atoms with Gasteiger partial charge in [0.05, 0.1) is 15.1 Å². The van der Waals surface area contributed by atoms with Crippen molar-refractivity contribution in [2.75, 3.05) is 11.9 Å². The molecule has 0 radical (unpaired) electrons. The van der Waals surface area contributed by atoms with Crippen LogP contribution in [0.25, 0.3) is 10.2 Å². The zero-order valence-corrected chi connectivity index (χ0v) is 18.4. The Bertz CT molecular complexity index is 1160. The molecule has 0 atom stereocenters. The highest BCUT2D eigenvalue weighted by Crippen LogP contribution is 2.44. The second kappa shape index (κ2) is 7.22. The van der Waals surface area contributed by atoms with E-state index in [2.05, 4.69) is 4.98 Å². The van der Waals surface area contributed by atoms with Crippen molar-refractivity contribution >= 4 is 42.4 Å². The van der Waals surface area contributed by atoms with Crippen LogP contribution in [-0.2, 0) is 14.6 Å². The lowest BCUT2D eigenvalue weighted by atomic mass is 10.1. The van der Waals surface area contributed by atoms with Crippen molar-refractivity contribution in [1.82, 2.24) is 4.98 Å². The number of carbonyl (C=O) groups excluding carboxylic acids is 1. The van der Waals surface area contributed by atoms with Crippen molar-refractivity contribution in [2.24, 2.45) is 0 Å². The topological polar surface area (TPSA) is 67.3 Å². The molecular weight excluding hydrogens is 404 g/mol. The van der Waals surface area contributed by atoms with E-state index in [4.69, 9.17) is 0 Å². The maximum absolute atomic E-state index is 13.8. The van der Waals surface area contributed by atoms with Crippen molar-refractivity contribution in [3.05, 3.63) is 53.6 Å². The number of anilines is 1. The van der Waals surface area contributed by atoms with Crippen LogP contribution >= 0.6 is 11.3 Å². The highest BCUT2D eigenvalue weighted by atomic mass is 32.2. The number of thiazole rings is 1. The molecule has 4 rings (SSSR count). The van der Waals surface area contributed by atoms with Gasteiger partial charge in [-0.1, -0.05) is 48.4 Å². The van der Waals surface area contributed by atoms with E-state index in [1.807, 2.05) is 43.3 Å². The fourth-order valence-corrected chi connectivity index (χ4v) is 7.52. The summed E-state index contributed by atoms with van der Waals surface area (Å²) in [4.78, 5) is 19.9. The highest BCUT2D eigenvalue weighted by Gasteiger charge is 2.54. The maximum atomic E-state index is 13.8. The lowest BCUT2D eigenvalue weighted by Gasteiger charge is -2.31. The van der Waals surface area contributed by atoms with Crippen LogP contribution in [0.15, 0.2) is 47.4 Å². The summed E-state index contributed by atoms with van der Waals surface area (Å²) < 4.78 is 27.2. The van der Waals surface area contributed by atoms with E-state index in [0.29, 0.717) is 23.5 Å². The minimum atomic E-state index is -3.85. The average Bonchev–Trinajstić information content (AvgIpc) is 3.36. The lowest BCUT2D eigenvalue weighted by Crippen LogP contribution is -2.51. The number of amides is 1. The van der Waals surface area contributed by atoms with Crippen LogP contribution in [-0.4, -0.2) is 31.1 Å². The third-order valence-electron chi connectivity index (χ3n) is 5.82. The van der Waals surface area contributed by atoms with Gasteiger partial charge >= 0.3 is 0 Å². The first kappa shape index (κ1) is 20.0. The summed E-state index contributed by atoms with van der Waals surface area (Å²) in [7, 11) is -2.21. The standard InChI is InChI=1S/C22H24N2O3S2/c1-15-10-11-16(2)19(14-15)29(26,27)22(12-6-7-13-22)20(25)24(3)21-23-17-8-4-5-9-18(17)28-21/h4-5,8-11,14H,6-7,12-13H2,1-3H3. The third kappa shape index (κ3) is 3.16. The summed E-state index contributed by atoms with van der Waals surface area (Å²) in [6, 6.07) is 13.1. The van der Waals surface area contributed by atoms with Crippen molar-refractivity contribution in [2.45, 2.75) is 49.2 Å². The predicted molar refractivity (Wildman–Crippen MR) is 117 cm³/mol. The van der Waals surface area contributed by atoms with E-state index in [1.165, 1.54) is 16.2 Å². The Morgan fingerprint density at radius 1 is 1.10 bits per heavy atom. The number of hydrogen-bond acceptors (Lipinski definition) is 5. The van der Waals surface area contributed by atoms with E-state index < -0.39 is 14.6 Å². The van der Waals surface area contributed by atoms with Crippen molar-refractivity contribution in [3.63, 3.8) is 0 Å². The predicted octanol–water partition coefficient (Wildman–Crippen LogP) is 4.66. The molecule has 0 N–H and O–H groups in total. The Kier molecular flexibility index (Phi) is 4.99. The van der Waals surface area contributed by atoms with Crippen LogP contribution in [0.5, 0.6) is 0 Å². The van der Waals surface area contributed by atoms with Crippen LogP contribution in [0.1, 0.15) is 36.8 Å². The van der Waals surface area contributed by atoms with Crippen molar-refractivity contribution < 1.29 is 13.2 Å². The van der Waals surface area contributed by atoms with Gasteiger partial charge in [0.25, 0.3) is 0 Å². The van der Waals surface area contributed by atoms with Crippen LogP contribution in [0.4, 0.5) is 5.13 Å². The van der Waals surface area contributed by atoms with E-state index in [-0.39, 0.29) is 10.8 Å². The molecule has 2 aromatic carbocycles. The number of aryl methyl sites for hydroxylation is 2. The summed E-state index contributed by atoms with van der Waals surface area (Å²) in [6.45, 7) is 3.66. The molecule has 1 amide bonds. The van der Waals surface area contributed by atoms with E-state index >= 15 is 0 Å². The molecule has 0 unspecified atom stereocenters. The summed E-state index contributed by atoms with van der Waals surface area (Å²) >= 11 is 1.40. The fraction of sp³-hybridized carbons (Fsp3) is 0.364. The highest BCUT2D eigenvalue weighted by molar-refractivity contribution is 7.93. The first-order chi connectivity index (χ1) is 13.8. The minimum absolute atomic E-state index is 0.269. The summed E-state index contributed by atoms with van der Waals surface area (Å²) in [5.41, 5.74) is 2.36. The number of fused-ring (bicyclic) bond motifs is 1. The molecule has 29 heavy (non-hydrogen) atoms. The van der Waals surface area contributed by atoms with Crippen LogP contribution in [0.3, 0.4) is 0 Å². The van der Waals surface area contributed by atoms with E-state index in [0.717, 1.165) is 28.6 Å². The molecule has 1 heterocycles. The van der Waals surface area contributed by atoms with Gasteiger partial charge < -0.3 is 0 Å². The smallest absolute Gasteiger partial charge is 0.250 e. The van der Waals surface area contributed by atoms with Gasteiger partial charge in [-0.25, -0.2) is 13.4 Å². The molecule has 7 heteroatoms. The molecule has 0 bridgehead atoms. The molecule has 3 aromatic rings. The third-order valence-corrected chi connectivity index (χ3v) is 9.57. The molecule has 5 nitrogen and oxygen atoms in total. The van der Waals surface area contributed by atoms with Gasteiger partial charge in [0.2, 0.25) is 5.91 Å². The van der Waals surface area contributed by atoms with Crippen LogP contribution in [0, 0.1) is 13.8 Å². The zero-order chi connectivity index (χ0) is 20.8. The first-order valence-electron chi connectivity index (χ1n) is 9.72. The Morgan fingerprint density at radius 2 is 1.79 bits per heavy atom. The number of aromatic nitrogens is 1. The molecule has 0 spiro atoms. The first-order valence-corrected chi connectivity index (χ1v) is 12.0. The number of hydrogen-bond donors (Lipinski definition) is 0. The van der Waals surface area contributed by atoms with E-state index in [9.17, 15) is 13.2 Å². The largest absolute Gasteiger partial charge is 0.290 e. The maximum Gasteiger partial charge on any atom is 0.250 e. The number of benzene rings is 2. The SMILES string of the molecule is Cc1ccc(C)c(S(=O)(=O)C2(C(=O)N(C)c3nc4ccccc4s3)CCCC2)c1. The molecule has 1 aromatic heterocycles. The number of sulfone groups is 1. The number of rotatable bonds is 4. The number of para-hydroxylation sites is 1. The number of nitrogens with zero attached hydrogens (tertiary/aromatic N) is 2. The second-order valence-corrected chi connectivity index (χ2v) is 11.0. The Morgan fingerprint density at radius 3 is 2.48 bits per heavy atom. The molecule has 152 valence electrons. The minimum Gasteiger partial charge on any atom is -0.290 e. The molecule has 0 aliphatic heterocycles. The monoisotopic (exact) mass is 428 g/mol. The number of carbonyl (C=O) groups is 1. The molecule has 1 fully saturated rings. The Labute approximate surface area is 175 Å². The van der Waals surface area contributed by atoms with Crippen molar-refractivity contribution in [1.29, 1.82) is 0 Å². The Hall–Kier alpha value is -2.25. The average molecular weight is 429 g/mol. The van der Waals surface area contributed by atoms with Gasteiger partial charge in [0.15, 0.2) is 19.7 Å². The van der Waals surface area contributed by atoms with Gasteiger partial charge in [-0.05, 0) is 56.0 Å². The van der Waals surface area contributed by atoms with Gasteiger partial charge in [-0.15, -0.1) is 0 Å². The summed E-state index contributed by atoms with van der Waals surface area (Å²) in [5, 5.41) is 0.527. The second-order valence-electron chi connectivity index (χ2n) is 7.80. The molecule has 0 saturated heterocycles. The zero-order valence-electron chi connectivity index (χ0n) is 16.8. The molecular formula is C22H24N2O3S2. The van der Waals surface area contributed by atoms with Gasteiger partial charge in [-0.3, -0.25) is 9.69 Å². The van der Waals surface area contributed by atoms with Crippen molar-refractivity contribution in [3.8, 4) is 0 Å². The Balaban J connectivity index is 1.80. The van der Waals surface area contributed by atoms with Gasteiger partial charge in [-0.2, -0.15) is 0 Å².